The molecule has 0 saturated carbocycles. The molecule has 1 fully saturated rings. The summed E-state index contributed by atoms with van der Waals surface area (Å²) in [5.41, 5.74) is 1.14. The minimum absolute atomic E-state index is 0.641. The monoisotopic (exact) mass is 372 g/mol. The second kappa shape index (κ2) is 9.07. The highest BCUT2D eigenvalue weighted by Crippen LogP contribution is 2.25. The Balaban J connectivity index is 1.72. The summed E-state index contributed by atoms with van der Waals surface area (Å²) in [6.45, 7) is 10.4. The first-order chi connectivity index (χ1) is 12.7. The van der Waals surface area contributed by atoms with Crippen LogP contribution in [0.2, 0.25) is 0 Å². The van der Waals surface area contributed by atoms with Crippen LogP contribution in [0.1, 0.15) is 26.3 Å². The average Bonchev–Trinajstić information content (AvgIpc) is 3.20. The van der Waals surface area contributed by atoms with Crippen molar-refractivity contribution >= 4 is 17.7 Å². The van der Waals surface area contributed by atoms with Crippen molar-refractivity contribution in [2.45, 2.75) is 32.6 Å². The molecule has 3 rings (SSSR count). The summed E-state index contributed by atoms with van der Waals surface area (Å²) in [6.07, 6.45) is 7.25. The number of pyridine rings is 1. The van der Waals surface area contributed by atoms with Crippen LogP contribution in [-0.2, 0) is 6.54 Å². The highest BCUT2D eigenvalue weighted by Gasteiger charge is 2.24. The number of nitrogens with zero attached hydrogens (tertiary/aromatic N) is 5. The van der Waals surface area contributed by atoms with Crippen LogP contribution in [0.5, 0.6) is 0 Å². The number of aliphatic imine (C=N–C) groups is 1. The lowest BCUT2D eigenvalue weighted by molar-refractivity contribution is 0.381. The van der Waals surface area contributed by atoms with Gasteiger partial charge in [-0.1, -0.05) is 13.8 Å². The van der Waals surface area contributed by atoms with Crippen LogP contribution in [0.15, 0.2) is 42.0 Å². The van der Waals surface area contributed by atoms with E-state index >= 15 is 0 Å². The Bertz CT molecular complexity index is 713. The number of nitrogens with one attached hydrogen (secondary N) is 1. The molecule has 7 heteroatoms. The quantitative estimate of drug-likeness (QED) is 0.646. The van der Waals surface area contributed by atoms with Gasteiger partial charge in [-0.15, -0.1) is 0 Å². The van der Waals surface area contributed by atoms with E-state index < -0.39 is 0 Å². The number of guanidine groups is 1. The number of imidazole rings is 1. The van der Waals surface area contributed by atoms with Crippen LogP contribution in [0.3, 0.4) is 0 Å². The third-order valence-electron chi connectivity index (χ3n) is 4.46. The normalized spacial score (nSPS) is 18.4. The first kappa shape index (κ1) is 18.8. The minimum atomic E-state index is 0.641. The van der Waals surface area contributed by atoms with Gasteiger partial charge in [-0.2, -0.15) is 11.8 Å². The molecule has 0 bridgehead atoms. The summed E-state index contributed by atoms with van der Waals surface area (Å²) in [5, 5.41) is 4.13. The highest BCUT2D eigenvalue weighted by molar-refractivity contribution is 8.00. The summed E-state index contributed by atoms with van der Waals surface area (Å²) in [6, 6.07) is 4.09. The summed E-state index contributed by atoms with van der Waals surface area (Å²) in [4.78, 5) is 15.8. The summed E-state index contributed by atoms with van der Waals surface area (Å²) in [7, 11) is 0. The van der Waals surface area contributed by atoms with Gasteiger partial charge in [0, 0.05) is 49.2 Å². The second-order valence-electron chi connectivity index (χ2n) is 6.76. The van der Waals surface area contributed by atoms with Gasteiger partial charge in [0.15, 0.2) is 5.96 Å². The van der Waals surface area contributed by atoms with E-state index in [0.29, 0.717) is 17.7 Å². The molecule has 0 spiro atoms. The maximum Gasteiger partial charge on any atom is 0.194 e. The van der Waals surface area contributed by atoms with Gasteiger partial charge < -0.3 is 10.2 Å². The van der Waals surface area contributed by atoms with E-state index in [1.165, 1.54) is 0 Å². The molecule has 3 heterocycles. The van der Waals surface area contributed by atoms with E-state index in [2.05, 4.69) is 58.8 Å². The van der Waals surface area contributed by atoms with Crippen molar-refractivity contribution in [3.63, 3.8) is 0 Å². The van der Waals surface area contributed by atoms with Crippen molar-refractivity contribution in [3.05, 3.63) is 42.6 Å². The summed E-state index contributed by atoms with van der Waals surface area (Å²) < 4.78 is 1.91. The van der Waals surface area contributed by atoms with Gasteiger partial charge in [0.2, 0.25) is 0 Å². The molecular formula is C19H28N6S. The molecule has 6 nitrogen and oxygen atoms in total. The van der Waals surface area contributed by atoms with Crippen molar-refractivity contribution in [3.8, 4) is 5.82 Å². The van der Waals surface area contributed by atoms with Crippen LogP contribution < -0.4 is 5.32 Å². The lowest BCUT2D eigenvalue weighted by Gasteiger charge is -2.36. The van der Waals surface area contributed by atoms with Crippen molar-refractivity contribution in [2.75, 3.05) is 25.4 Å². The third-order valence-corrected chi connectivity index (χ3v) is 6.00. The SMILES string of the molecule is CCNC(=NCc1ccnc(-n2ccnc2)c1)N1CCSC(C(C)C)C1. The molecule has 0 radical (unpaired) electrons. The Hall–Kier alpha value is -2.02. The number of aromatic nitrogens is 3. The van der Waals surface area contributed by atoms with Gasteiger partial charge >= 0.3 is 0 Å². The van der Waals surface area contributed by atoms with E-state index in [-0.39, 0.29) is 0 Å². The Morgan fingerprint density at radius 3 is 3.04 bits per heavy atom. The minimum Gasteiger partial charge on any atom is -0.357 e. The zero-order valence-corrected chi connectivity index (χ0v) is 16.6. The molecule has 0 aromatic carbocycles. The van der Waals surface area contributed by atoms with Crippen molar-refractivity contribution in [1.29, 1.82) is 0 Å². The molecule has 1 saturated heterocycles. The standard InChI is InChI=1S/C19H28N6S/c1-4-21-19(24-9-10-26-17(13-24)15(2)3)23-12-16-5-6-22-18(11-16)25-8-7-20-14-25/h5-8,11,14-15,17H,4,9-10,12-13H2,1-3H3,(H,21,23). The van der Waals surface area contributed by atoms with Crippen molar-refractivity contribution in [1.82, 2.24) is 24.8 Å². The zero-order valence-electron chi connectivity index (χ0n) is 15.8. The van der Waals surface area contributed by atoms with Gasteiger partial charge in [0.1, 0.15) is 12.1 Å². The summed E-state index contributed by atoms with van der Waals surface area (Å²) >= 11 is 2.08. The van der Waals surface area contributed by atoms with Gasteiger partial charge in [-0.25, -0.2) is 15.0 Å². The third kappa shape index (κ3) is 4.78. The smallest absolute Gasteiger partial charge is 0.194 e. The molecular weight excluding hydrogens is 344 g/mol. The number of hydrogen-bond acceptors (Lipinski definition) is 4. The predicted molar refractivity (Wildman–Crippen MR) is 109 cm³/mol. The van der Waals surface area contributed by atoms with E-state index in [1.54, 1.807) is 12.5 Å². The molecule has 26 heavy (non-hydrogen) atoms. The fraction of sp³-hybridized carbons (Fsp3) is 0.526. The predicted octanol–water partition coefficient (Wildman–Crippen LogP) is 2.81. The zero-order chi connectivity index (χ0) is 18.4. The van der Waals surface area contributed by atoms with Gasteiger partial charge in [0.05, 0.1) is 6.54 Å². The van der Waals surface area contributed by atoms with Crippen LogP contribution in [-0.4, -0.2) is 56.0 Å². The highest BCUT2D eigenvalue weighted by atomic mass is 32.2. The van der Waals surface area contributed by atoms with E-state index in [4.69, 9.17) is 4.99 Å². The van der Waals surface area contributed by atoms with Crippen molar-refractivity contribution < 1.29 is 0 Å². The van der Waals surface area contributed by atoms with Crippen molar-refractivity contribution in [2.24, 2.45) is 10.9 Å². The molecule has 2 aromatic rings. The Labute approximate surface area is 160 Å². The fourth-order valence-corrected chi connectivity index (χ4v) is 4.26. The Kier molecular flexibility index (Phi) is 6.55. The lowest BCUT2D eigenvalue weighted by Crippen LogP contribution is -2.49. The molecule has 0 amide bonds. The Morgan fingerprint density at radius 1 is 1.42 bits per heavy atom. The molecule has 1 atom stereocenters. The molecule has 1 aliphatic heterocycles. The number of hydrogen-bond donors (Lipinski definition) is 1. The lowest BCUT2D eigenvalue weighted by atomic mass is 10.1. The van der Waals surface area contributed by atoms with E-state index in [9.17, 15) is 0 Å². The second-order valence-corrected chi connectivity index (χ2v) is 8.11. The van der Waals surface area contributed by atoms with Crippen LogP contribution >= 0.6 is 11.8 Å². The Morgan fingerprint density at radius 2 is 2.31 bits per heavy atom. The van der Waals surface area contributed by atoms with E-state index in [1.807, 2.05) is 23.0 Å². The molecule has 140 valence electrons. The largest absolute Gasteiger partial charge is 0.357 e. The van der Waals surface area contributed by atoms with Crippen LogP contribution in [0, 0.1) is 5.92 Å². The summed E-state index contributed by atoms with van der Waals surface area (Å²) in [5.74, 6) is 3.73. The van der Waals surface area contributed by atoms with Gasteiger partial charge in [0.25, 0.3) is 0 Å². The number of rotatable bonds is 5. The number of thioether (sulfide) groups is 1. The molecule has 0 aliphatic carbocycles. The van der Waals surface area contributed by atoms with Crippen LogP contribution in [0.25, 0.3) is 5.82 Å². The molecule has 1 unspecified atom stereocenters. The fourth-order valence-electron chi connectivity index (χ4n) is 2.96. The first-order valence-electron chi connectivity index (χ1n) is 9.25. The molecule has 1 N–H and O–H groups in total. The van der Waals surface area contributed by atoms with E-state index in [0.717, 1.165) is 42.7 Å². The topological polar surface area (TPSA) is 58.3 Å². The molecule has 1 aliphatic rings. The van der Waals surface area contributed by atoms with Gasteiger partial charge in [-0.3, -0.25) is 4.57 Å². The van der Waals surface area contributed by atoms with Crippen LogP contribution in [0.4, 0.5) is 0 Å². The average molecular weight is 373 g/mol. The first-order valence-corrected chi connectivity index (χ1v) is 10.3. The maximum atomic E-state index is 4.89. The maximum absolute atomic E-state index is 4.89. The van der Waals surface area contributed by atoms with Gasteiger partial charge in [-0.05, 0) is 30.5 Å². The molecule has 2 aromatic heterocycles.